The number of hydrogen-bond donors (Lipinski definition) is 1. The van der Waals surface area contributed by atoms with Gasteiger partial charge in [-0.3, -0.25) is 0 Å². The van der Waals surface area contributed by atoms with Gasteiger partial charge in [-0.2, -0.15) is 5.26 Å². The SMILES string of the molecule is COc1ccc(CNc2cc(C#N)ncn2)cc1C. The first kappa shape index (κ1) is 12.8. The summed E-state index contributed by atoms with van der Waals surface area (Å²) in [6.45, 7) is 2.63. The van der Waals surface area contributed by atoms with Crippen LogP contribution in [0.15, 0.2) is 30.6 Å². The topological polar surface area (TPSA) is 70.8 Å². The van der Waals surface area contributed by atoms with Crippen LogP contribution < -0.4 is 10.1 Å². The molecule has 1 heterocycles. The Morgan fingerprint density at radius 3 is 2.84 bits per heavy atom. The monoisotopic (exact) mass is 254 g/mol. The van der Waals surface area contributed by atoms with Crippen molar-refractivity contribution >= 4 is 5.82 Å². The fraction of sp³-hybridized carbons (Fsp3) is 0.214. The highest BCUT2D eigenvalue weighted by Crippen LogP contribution is 2.19. The van der Waals surface area contributed by atoms with Gasteiger partial charge in [-0.1, -0.05) is 12.1 Å². The number of nitrogens with one attached hydrogen (secondary N) is 1. The number of ether oxygens (including phenoxy) is 1. The first-order chi connectivity index (χ1) is 9.22. The molecule has 0 unspecified atom stereocenters. The molecule has 1 aromatic carbocycles. The van der Waals surface area contributed by atoms with Crippen LogP contribution in [0.5, 0.6) is 5.75 Å². The van der Waals surface area contributed by atoms with Gasteiger partial charge in [0.05, 0.1) is 7.11 Å². The lowest BCUT2D eigenvalue weighted by molar-refractivity contribution is 0.411. The van der Waals surface area contributed by atoms with Crippen molar-refractivity contribution < 1.29 is 4.74 Å². The molecule has 0 saturated carbocycles. The van der Waals surface area contributed by atoms with Crippen molar-refractivity contribution in [2.45, 2.75) is 13.5 Å². The Morgan fingerprint density at radius 1 is 1.32 bits per heavy atom. The number of aryl methyl sites for hydroxylation is 1. The Morgan fingerprint density at radius 2 is 2.16 bits per heavy atom. The number of methoxy groups -OCH3 is 1. The molecular formula is C14H14N4O. The molecule has 19 heavy (non-hydrogen) atoms. The highest BCUT2D eigenvalue weighted by atomic mass is 16.5. The van der Waals surface area contributed by atoms with E-state index in [4.69, 9.17) is 10.00 Å². The third-order valence-corrected chi connectivity index (χ3v) is 2.71. The number of nitriles is 1. The second-order valence-corrected chi connectivity index (χ2v) is 4.06. The van der Waals surface area contributed by atoms with Gasteiger partial charge >= 0.3 is 0 Å². The predicted octanol–water partition coefficient (Wildman–Crippen LogP) is 2.28. The summed E-state index contributed by atoms with van der Waals surface area (Å²) in [6, 6.07) is 9.59. The van der Waals surface area contributed by atoms with Gasteiger partial charge in [-0.05, 0) is 24.1 Å². The zero-order valence-corrected chi connectivity index (χ0v) is 10.8. The standard InChI is InChI=1S/C14H14N4O/c1-10-5-11(3-4-13(10)19-2)8-16-14-6-12(7-15)17-9-18-14/h3-6,9H,8H2,1-2H3,(H,16,17,18). The first-order valence-corrected chi connectivity index (χ1v) is 5.82. The molecule has 0 atom stereocenters. The van der Waals surface area contributed by atoms with E-state index in [1.54, 1.807) is 13.2 Å². The lowest BCUT2D eigenvalue weighted by Gasteiger charge is -2.09. The van der Waals surface area contributed by atoms with Crippen LogP contribution in [-0.4, -0.2) is 17.1 Å². The minimum Gasteiger partial charge on any atom is -0.496 e. The van der Waals surface area contributed by atoms with Gasteiger partial charge in [0.15, 0.2) is 0 Å². The molecule has 5 nitrogen and oxygen atoms in total. The number of anilines is 1. The number of benzene rings is 1. The molecule has 2 rings (SSSR count). The van der Waals surface area contributed by atoms with Crippen molar-refractivity contribution in [3.63, 3.8) is 0 Å². The van der Waals surface area contributed by atoms with E-state index in [0.717, 1.165) is 16.9 Å². The number of hydrogen-bond acceptors (Lipinski definition) is 5. The van der Waals surface area contributed by atoms with Crippen LogP contribution in [0.2, 0.25) is 0 Å². The van der Waals surface area contributed by atoms with Crippen molar-refractivity contribution in [1.29, 1.82) is 5.26 Å². The van der Waals surface area contributed by atoms with Gasteiger partial charge < -0.3 is 10.1 Å². The molecule has 2 aromatic rings. The molecule has 0 aliphatic heterocycles. The average Bonchev–Trinajstić information content (AvgIpc) is 2.45. The Kier molecular flexibility index (Phi) is 3.94. The van der Waals surface area contributed by atoms with E-state index in [9.17, 15) is 0 Å². The second kappa shape index (κ2) is 5.83. The molecule has 1 aromatic heterocycles. The zero-order chi connectivity index (χ0) is 13.7. The van der Waals surface area contributed by atoms with Crippen molar-refractivity contribution in [3.05, 3.63) is 47.4 Å². The summed E-state index contributed by atoms with van der Waals surface area (Å²) in [5.74, 6) is 1.51. The smallest absolute Gasteiger partial charge is 0.145 e. The van der Waals surface area contributed by atoms with Gasteiger partial charge in [0.1, 0.15) is 29.7 Å². The molecule has 0 fully saturated rings. The van der Waals surface area contributed by atoms with Gasteiger partial charge in [0.25, 0.3) is 0 Å². The van der Waals surface area contributed by atoms with Gasteiger partial charge in [0, 0.05) is 12.6 Å². The molecule has 96 valence electrons. The van der Waals surface area contributed by atoms with Gasteiger partial charge in [-0.25, -0.2) is 9.97 Å². The number of nitrogens with zero attached hydrogens (tertiary/aromatic N) is 3. The summed E-state index contributed by atoms with van der Waals surface area (Å²) in [5, 5.41) is 11.9. The third-order valence-electron chi connectivity index (χ3n) is 2.71. The highest BCUT2D eigenvalue weighted by molar-refractivity contribution is 5.41. The van der Waals surface area contributed by atoms with Crippen molar-refractivity contribution in [1.82, 2.24) is 9.97 Å². The normalized spacial score (nSPS) is 9.74. The maximum absolute atomic E-state index is 8.76. The Labute approximate surface area is 111 Å². The molecule has 0 saturated heterocycles. The number of rotatable bonds is 4. The first-order valence-electron chi connectivity index (χ1n) is 5.82. The Hall–Kier alpha value is -2.61. The summed E-state index contributed by atoms with van der Waals surface area (Å²) < 4.78 is 5.22. The Balaban J connectivity index is 2.06. The summed E-state index contributed by atoms with van der Waals surface area (Å²) in [7, 11) is 1.66. The maximum atomic E-state index is 8.76. The molecule has 0 aliphatic carbocycles. The van der Waals surface area contributed by atoms with Crippen LogP contribution in [0.25, 0.3) is 0 Å². The second-order valence-electron chi connectivity index (χ2n) is 4.06. The zero-order valence-electron chi connectivity index (χ0n) is 10.8. The van der Waals surface area contributed by atoms with Crippen LogP contribution in [-0.2, 0) is 6.54 Å². The molecule has 0 aliphatic rings. The highest BCUT2D eigenvalue weighted by Gasteiger charge is 2.01. The van der Waals surface area contributed by atoms with E-state index in [1.165, 1.54) is 6.33 Å². The summed E-state index contributed by atoms with van der Waals surface area (Å²) in [5.41, 5.74) is 2.56. The maximum Gasteiger partial charge on any atom is 0.145 e. The van der Waals surface area contributed by atoms with Gasteiger partial charge in [-0.15, -0.1) is 0 Å². The largest absolute Gasteiger partial charge is 0.496 e. The molecule has 0 bridgehead atoms. The molecular weight excluding hydrogens is 240 g/mol. The summed E-state index contributed by atoms with van der Waals surface area (Å²) in [4.78, 5) is 7.88. The van der Waals surface area contributed by atoms with E-state index in [-0.39, 0.29) is 0 Å². The summed E-state index contributed by atoms with van der Waals surface area (Å²) >= 11 is 0. The molecule has 0 radical (unpaired) electrons. The van der Waals surface area contributed by atoms with E-state index in [1.807, 2.05) is 25.1 Å². The number of aromatic nitrogens is 2. The molecule has 0 amide bonds. The van der Waals surface area contributed by atoms with E-state index in [0.29, 0.717) is 18.1 Å². The average molecular weight is 254 g/mol. The fourth-order valence-corrected chi connectivity index (χ4v) is 1.76. The van der Waals surface area contributed by atoms with Crippen LogP contribution in [0.4, 0.5) is 5.82 Å². The van der Waals surface area contributed by atoms with Crippen LogP contribution in [0.3, 0.4) is 0 Å². The third kappa shape index (κ3) is 3.19. The van der Waals surface area contributed by atoms with Crippen molar-refractivity contribution in [2.75, 3.05) is 12.4 Å². The minimum absolute atomic E-state index is 0.350. The predicted molar refractivity (Wildman–Crippen MR) is 71.8 cm³/mol. The lowest BCUT2D eigenvalue weighted by Crippen LogP contribution is -2.02. The van der Waals surface area contributed by atoms with Crippen molar-refractivity contribution in [2.24, 2.45) is 0 Å². The van der Waals surface area contributed by atoms with Crippen LogP contribution >= 0.6 is 0 Å². The van der Waals surface area contributed by atoms with Crippen molar-refractivity contribution in [3.8, 4) is 11.8 Å². The molecule has 0 spiro atoms. The molecule has 1 N–H and O–H groups in total. The fourth-order valence-electron chi connectivity index (χ4n) is 1.76. The van der Waals surface area contributed by atoms with Crippen LogP contribution in [0, 0.1) is 18.3 Å². The van der Waals surface area contributed by atoms with Gasteiger partial charge in [0.2, 0.25) is 0 Å². The molecule has 5 heteroatoms. The van der Waals surface area contributed by atoms with Crippen LogP contribution in [0.1, 0.15) is 16.8 Å². The van der Waals surface area contributed by atoms with E-state index >= 15 is 0 Å². The summed E-state index contributed by atoms with van der Waals surface area (Å²) in [6.07, 6.45) is 1.38. The van der Waals surface area contributed by atoms with E-state index < -0.39 is 0 Å². The lowest BCUT2D eigenvalue weighted by atomic mass is 10.1. The van der Waals surface area contributed by atoms with E-state index in [2.05, 4.69) is 21.4 Å². The Bertz CT molecular complexity index is 619. The quantitative estimate of drug-likeness (QED) is 0.906. The minimum atomic E-state index is 0.350.